The zero-order chi connectivity index (χ0) is 20.8. The maximum atomic E-state index is 2.81. The second-order valence-corrected chi connectivity index (χ2v) is 11.0. The van der Waals surface area contributed by atoms with Gasteiger partial charge in [0.05, 0.1) is 0 Å². The van der Waals surface area contributed by atoms with Crippen molar-refractivity contribution in [3.05, 3.63) is 35.9 Å². The molecule has 4 fully saturated rings. The van der Waals surface area contributed by atoms with Gasteiger partial charge in [-0.25, -0.2) is 0 Å². The Morgan fingerprint density at radius 1 is 0.900 bits per heavy atom. The lowest BCUT2D eigenvalue weighted by molar-refractivity contribution is 0.0984. The van der Waals surface area contributed by atoms with Gasteiger partial charge >= 0.3 is 0 Å². The molecular formula is C28H46N2. The molecule has 1 spiro atoms. The summed E-state index contributed by atoms with van der Waals surface area (Å²) in [6.07, 6.45) is 16.1. The highest BCUT2D eigenvalue weighted by molar-refractivity contribution is 5.15. The fourth-order valence-electron chi connectivity index (χ4n) is 5.55. The maximum absolute atomic E-state index is 2.81. The molecule has 1 aliphatic heterocycles. The van der Waals surface area contributed by atoms with Crippen molar-refractivity contribution in [2.45, 2.75) is 90.5 Å². The number of nitrogens with zero attached hydrogens (tertiary/aromatic N) is 2. The minimum absolute atomic E-state index is 0.693. The molecule has 0 bridgehead atoms. The summed E-state index contributed by atoms with van der Waals surface area (Å²) in [6, 6.07) is 11.7. The minimum Gasteiger partial charge on any atom is -0.304 e. The first-order chi connectivity index (χ1) is 14.7. The van der Waals surface area contributed by atoms with E-state index >= 15 is 0 Å². The van der Waals surface area contributed by atoms with Crippen LogP contribution in [0.2, 0.25) is 0 Å². The van der Waals surface area contributed by atoms with Gasteiger partial charge in [0, 0.05) is 19.1 Å². The van der Waals surface area contributed by atoms with Crippen LogP contribution in [0.3, 0.4) is 0 Å². The van der Waals surface area contributed by atoms with Gasteiger partial charge in [-0.05, 0) is 107 Å². The Hall–Kier alpha value is -0.860. The lowest BCUT2D eigenvalue weighted by Crippen LogP contribution is -2.43. The van der Waals surface area contributed by atoms with Crippen LogP contribution in [0.5, 0.6) is 0 Å². The minimum atomic E-state index is 0.693. The van der Waals surface area contributed by atoms with Crippen LogP contribution < -0.4 is 0 Å². The summed E-state index contributed by atoms with van der Waals surface area (Å²) in [5.74, 6) is 1.99. The molecule has 0 amide bonds. The molecule has 0 radical (unpaired) electrons. The Kier molecular flexibility index (Phi) is 7.92. The molecule has 168 valence electrons. The Bertz CT molecular complexity index is 589. The summed E-state index contributed by atoms with van der Waals surface area (Å²) in [5.41, 5.74) is 2.36. The van der Waals surface area contributed by atoms with Crippen LogP contribution >= 0.6 is 0 Å². The van der Waals surface area contributed by atoms with Gasteiger partial charge in [0.25, 0.3) is 0 Å². The van der Waals surface area contributed by atoms with E-state index in [0.717, 1.165) is 17.3 Å². The van der Waals surface area contributed by atoms with Crippen LogP contribution in [-0.2, 0) is 6.42 Å². The molecule has 3 aliphatic carbocycles. The van der Waals surface area contributed by atoms with Gasteiger partial charge in [0.15, 0.2) is 0 Å². The molecule has 3 saturated carbocycles. The van der Waals surface area contributed by atoms with Crippen molar-refractivity contribution in [2.24, 2.45) is 17.3 Å². The molecule has 1 aromatic carbocycles. The summed E-state index contributed by atoms with van der Waals surface area (Å²) < 4.78 is 0. The third-order valence-corrected chi connectivity index (χ3v) is 8.75. The summed E-state index contributed by atoms with van der Waals surface area (Å²) in [4.78, 5) is 5.38. The normalized spacial score (nSPS) is 24.6. The van der Waals surface area contributed by atoms with Gasteiger partial charge in [-0.15, -0.1) is 0 Å². The predicted molar refractivity (Wildman–Crippen MR) is 129 cm³/mol. The molecule has 1 atom stereocenters. The summed E-state index contributed by atoms with van der Waals surface area (Å²) in [6.45, 7) is 11.4. The highest BCUT2D eigenvalue weighted by atomic mass is 15.2. The quantitative estimate of drug-likeness (QED) is 0.489. The summed E-state index contributed by atoms with van der Waals surface area (Å²) in [7, 11) is 0. The van der Waals surface area contributed by atoms with Gasteiger partial charge in [-0.3, -0.25) is 4.90 Å². The third kappa shape index (κ3) is 6.33. The van der Waals surface area contributed by atoms with Crippen molar-refractivity contribution in [3.63, 3.8) is 0 Å². The fourth-order valence-corrected chi connectivity index (χ4v) is 5.55. The highest BCUT2D eigenvalue weighted by Gasteiger charge is 2.43. The topological polar surface area (TPSA) is 6.48 Å². The molecule has 1 aromatic rings. The zero-order valence-electron chi connectivity index (χ0n) is 19.8. The molecule has 0 aromatic heterocycles. The average molecular weight is 411 g/mol. The van der Waals surface area contributed by atoms with E-state index in [0.29, 0.717) is 6.04 Å². The Labute approximate surface area is 186 Å². The summed E-state index contributed by atoms with van der Waals surface area (Å²) in [5, 5.41) is 0. The molecule has 1 saturated heterocycles. The summed E-state index contributed by atoms with van der Waals surface area (Å²) >= 11 is 0. The molecule has 0 N–H and O–H groups in total. The van der Waals surface area contributed by atoms with Gasteiger partial charge in [-0.2, -0.15) is 0 Å². The molecule has 5 rings (SSSR count). The number of hydrogen-bond acceptors (Lipinski definition) is 2. The first-order valence-electron chi connectivity index (χ1n) is 13.2. The van der Waals surface area contributed by atoms with Crippen LogP contribution in [0.25, 0.3) is 0 Å². The molecule has 1 heterocycles. The van der Waals surface area contributed by atoms with Crippen molar-refractivity contribution in [2.75, 3.05) is 32.7 Å². The Morgan fingerprint density at radius 3 is 1.90 bits per heavy atom. The van der Waals surface area contributed by atoms with E-state index in [-0.39, 0.29) is 0 Å². The van der Waals surface area contributed by atoms with E-state index in [4.69, 9.17) is 0 Å². The molecule has 30 heavy (non-hydrogen) atoms. The smallest absolute Gasteiger partial charge is 0.0108 e. The number of piperidine rings is 1. The van der Waals surface area contributed by atoms with Crippen molar-refractivity contribution in [3.8, 4) is 0 Å². The van der Waals surface area contributed by atoms with Crippen molar-refractivity contribution < 1.29 is 0 Å². The fraction of sp³-hybridized carbons (Fsp3) is 0.786. The van der Waals surface area contributed by atoms with Crippen LogP contribution in [0.1, 0.15) is 83.6 Å². The van der Waals surface area contributed by atoms with Gasteiger partial charge < -0.3 is 4.90 Å². The van der Waals surface area contributed by atoms with Gasteiger partial charge in [0.2, 0.25) is 0 Å². The first kappa shape index (κ1) is 22.3. The SMILES string of the molecule is CC(Cc1ccccc1)N(CC1CCC1)CC1CCC1.CCN1CCC2(CC1)CC2. The molecule has 1 unspecified atom stereocenters. The molecule has 2 heteroatoms. The lowest BCUT2D eigenvalue weighted by Gasteiger charge is -2.40. The first-order valence-corrected chi connectivity index (χ1v) is 13.2. The van der Waals surface area contributed by atoms with Crippen LogP contribution in [0.4, 0.5) is 0 Å². The van der Waals surface area contributed by atoms with E-state index in [2.05, 4.69) is 54.0 Å². The number of likely N-dealkylation sites (tertiary alicyclic amines) is 1. The third-order valence-electron chi connectivity index (χ3n) is 8.75. The van der Waals surface area contributed by atoms with Crippen molar-refractivity contribution in [1.29, 1.82) is 0 Å². The zero-order valence-corrected chi connectivity index (χ0v) is 19.8. The Balaban J connectivity index is 0.000000181. The van der Waals surface area contributed by atoms with Crippen LogP contribution in [0, 0.1) is 17.3 Å². The number of hydrogen-bond donors (Lipinski definition) is 0. The van der Waals surface area contributed by atoms with E-state index in [1.54, 1.807) is 0 Å². The van der Waals surface area contributed by atoms with Crippen molar-refractivity contribution in [1.82, 2.24) is 9.80 Å². The second kappa shape index (κ2) is 10.6. The van der Waals surface area contributed by atoms with E-state index in [1.165, 1.54) is 109 Å². The standard InChI is InChI=1S/C19H29N.C9H17N/c1-16(13-17-7-3-2-4-8-17)20(14-18-9-5-10-18)15-19-11-6-12-19;1-2-10-7-5-9(3-4-9)6-8-10/h2-4,7-8,16,18-19H,5-6,9-15H2,1H3;2-8H2,1H3. The molecule has 2 nitrogen and oxygen atoms in total. The second-order valence-electron chi connectivity index (χ2n) is 11.0. The van der Waals surface area contributed by atoms with E-state index in [9.17, 15) is 0 Å². The monoisotopic (exact) mass is 410 g/mol. The van der Waals surface area contributed by atoms with Crippen LogP contribution in [0.15, 0.2) is 30.3 Å². The van der Waals surface area contributed by atoms with Gasteiger partial charge in [0.1, 0.15) is 0 Å². The molecular weight excluding hydrogens is 364 g/mol. The van der Waals surface area contributed by atoms with E-state index < -0.39 is 0 Å². The molecule has 4 aliphatic rings. The largest absolute Gasteiger partial charge is 0.304 e. The average Bonchev–Trinajstić information content (AvgIpc) is 3.46. The lowest BCUT2D eigenvalue weighted by atomic mass is 9.82. The predicted octanol–water partition coefficient (Wildman–Crippen LogP) is 6.40. The maximum Gasteiger partial charge on any atom is 0.0108 e. The van der Waals surface area contributed by atoms with Crippen molar-refractivity contribution >= 4 is 0 Å². The van der Waals surface area contributed by atoms with E-state index in [1.807, 2.05) is 0 Å². The Morgan fingerprint density at radius 2 is 1.47 bits per heavy atom. The number of benzene rings is 1. The van der Waals surface area contributed by atoms with Gasteiger partial charge in [-0.1, -0.05) is 50.1 Å². The highest BCUT2D eigenvalue weighted by Crippen LogP contribution is 2.53. The number of rotatable bonds is 8. The van der Waals surface area contributed by atoms with Crippen LogP contribution in [-0.4, -0.2) is 48.6 Å².